The summed E-state index contributed by atoms with van der Waals surface area (Å²) in [6, 6.07) is 7.76. The SMILES string of the molecule is Cc1nc(-c2cccc(NC(=O)[C@@]34CCCC[C@H]3CNC4)c2)n[nH]1. The summed E-state index contributed by atoms with van der Waals surface area (Å²) in [5.74, 6) is 2.05. The number of nitrogens with one attached hydrogen (secondary N) is 3. The molecule has 2 aromatic rings. The molecule has 6 nitrogen and oxygen atoms in total. The van der Waals surface area contributed by atoms with Crippen LogP contribution in [0, 0.1) is 18.3 Å². The molecule has 1 amide bonds. The molecule has 1 saturated heterocycles. The number of aromatic nitrogens is 3. The number of carbonyl (C=O) groups excluding carboxylic acids is 1. The van der Waals surface area contributed by atoms with E-state index in [1.807, 2.05) is 31.2 Å². The smallest absolute Gasteiger partial charge is 0.232 e. The summed E-state index contributed by atoms with van der Waals surface area (Å²) >= 11 is 0. The van der Waals surface area contributed by atoms with Crippen molar-refractivity contribution in [3.05, 3.63) is 30.1 Å². The van der Waals surface area contributed by atoms with E-state index in [0.717, 1.165) is 49.4 Å². The van der Waals surface area contributed by atoms with E-state index in [2.05, 4.69) is 25.8 Å². The molecule has 2 heterocycles. The van der Waals surface area contributed by atoms with E-state index in [9.17, 15) is 4.79 Å². The van der Waals surface area contributed by atoms with Crippen LogP contribution < -0.4 is 10.6 Å². The summed E-state index contributed by atoms with van der Waals surface area (Å²) in [7, 11) is 0. The van der Waals surface area contributed by atoms with Crippen molar-refractivity contribution in [2.75, 3.05) is 18.4 Å². The molecule has 0 spiro atoms. The van der Waals surface area contributed by atoms with Crippen LogP contribution in [-0.2, 0) is 4.79 Å². The topological polar surface area (TPSA) is 82.7 Å². The number of fused-ring (bicyclic) bond motifs is 1. The third-order valence-corrected chi connectivity index (χ3v) is 5.47. The highest BCUT2D eigenvalue weighted by molar-refractivity contribution is 5.96. The first-order valence-electron chi connectivity index (χ1n) is 8.69. The number of aryl methyl sites for hydroxylation is 1. The standard InChI is InChI=1S/C18H23N5O/c1-12-20-16(23-22-12)13-5-4-7-15(9-13)21-17(24)18-8-3-2-6-14(18)10-19-11-18/h4-5,7,9,14,19H,2-3,6,8,10-11H2,1H3,(H,21,24)(H,20,22,23)/t14-,18+/m0/s1. The van der Waals surface area contributed by atoms with Crippen LogP contribution in [0.5, 0.6) is 0 Å². The number of hydrogen-bond acceptors (Lipinski definition) is 4. The number of hydrogen-bond donors (Lipinski definition) is 3. The lowest BCUT2D eigenvalue weighted by Gasteiger charge is -2.37. The van der Waals surface area contributed by atoms with E-state index in [1.54, 1.807) is 0 Å². The van der Waals surface area contributed by atoms with Gasteiger partial charge in [0.05, 0.1) is 5.41 Å². The van der Waals surface area contributed by atoms with E-state index in [-0.39, 0.29) is 11.3 Å². The summed E-state index contributed by atoms with van der Waals surface area (Å²) in [6.07, 6.45) is 4.51. The molecule has 1 saturated carbocycles. The Kier molecular flexibility index (Phi) is 3.84. The number of nitrogens with zero attached hydrogens (tertiary/aromatic N) is 2. The number of rotatable bonds is 3. The first-order chi connectivity index (χ1) is 11.7. The average molecular weight is 325 g/mol. The molecular formula is C18H23N5O. The summed E-state index contributed by atoms with van der Waals surface area (Å²) in [4.78, 5) is 17.4. The fourth-order valence-corrected chi connectivity index (χ4v) is 4.15. The molecule has 4 rings (SSSR count). The minimum Gasteiger partial charge on any atom is -0.326 e. The Balaban J connectivity index is 1.56. The van der Waals surface area contributed by atoms with Gasteiger partial charge in [-0.25, -0.2) is 4.98 Å². The minimum absolute atomic E-state index is 0.153. The number of benzene rings is 1. The van der Waals surface area contributed by atoms with Crippen molar-refractivity contribution >= 4 is 11.6 Å². The van der Waals surface area contributed by atoms with E-state index in [4.69, 9.17) is 0 Å². The Morgan fingerprint density at radius 1 is 1.38 bits per heavy atom. The highest BCUT2D eigenvalue weighted by Crippen LogP contribution is 2.44. The van der Waals surface area contributed by atoms with Gasteiger partial charge < -0.3 is 10.6 Å². The molecule has 0 unspecified atom stereocenters. The lowest BCUT2D eigenvalue weighted by molar-refractivity contribution is -0.128. The summed E-state index contributed by atoms with van der Waals surface area (Å²) < 4.78 is 0. The third kappa shape index (κ3) is 2.60. The number of carbonyl (C=O) groups is 1. The molecule has 0 radical (unpaired) electrons. The largest absolute Gasteiger partial charge is 0.326 e. The molecule has 126 valence electrons. The predicted octanol–water partition coefficient (Wildman–Crippen LogP) is 2.50. The normalized spacial score (nSPS) is 26.1. The molecule has 1 aliphatic heterocycles. The molecule has 2 fully saturated rings. The zero-order valence-corrected chi connectivity index (χ0v) is 13.9. The minimum atomic E-state index is -0.241. The first kappa shape index (κ1) is 15.3. The third-order valence-electron chi connectivity index (χ3n) is 5.47. The quantitative estimate of drug-likeness (QED) is 0.810. The van der Waals surface area contributed by atoms with Gasteiger partial charge in [-0.2, -0.15) is 5.10 Å². The molecular weight excluding hydrogens is 302 g/mol. The van der Waals surface area contributed by atoms with Crippen LogP contribution in [-0.4, -0.2) is 34.2 Å². The Morgan fingerprint density at radius 3 is 3.12 bits per heavy atom. The molecule has 1 aromatic carbocycles. The Bertz CT molecular complexity index is 755. The number of H-pyrrole nitrogens is 1. The second kappa shape index (κ2) is 6.02. The van der Waals surface area contributed by atoms with Crippen molar-refractivity contribution in [1.82, 2.24) is 20.5 Å². The van der Waals surface area contributed by atoms with Crippen molar-refractivity contribution < 1.29 is 4.79 Å². The lowest BCUT2D eigenvalue weighted by atomic mass is 9.67. The zero-order valence-electron chi connectivity index (χ0n) is 13.9. The van der Waals surface area contributed by atoms with E-state index >= 15 is 0 Å². The summed E-state index contributed by atoms with van der Waals surface area (Å²) in [6.45, 7) is 3.63. The van der Waals surface area contributed by atoms with Crippen LogP contribution in [0.25, 0.3) is 11.4 Å². The maximum atomic E-state index is 13.0. The van der Waals surface area contributed by atoms with Crippen molar-refractivity contribution in [2.24, 2.45) is 11.3 Å². The monoisotopic (exact) mass is 325 g/mol. The van der Waals surface area contributed by atoms with Gasteiger partial charge in [0.15, 0.2) is 5.82 Å². The lowest BCUT2D eigenvalue weighted by Crippen LogP contribution is -2.44. The zero-order chi connectivity index (χ0) is 16.6. The molecule has 1 aliphatic carbocycles. The molecule has 2 atom stereocenters. The van der Waals surface area contributed by atoms with Crippen LogP contribution >= 0.6 is 0 Å². The van der Waals surface area contributed by atoms with Gasteiger partial charge in [0, 0.05) is 17.8 Å². The number of amides is 1. The van der Waals surface area contributed by atoms with Gasteiger partial charge in [0.25, 0.3) is 0 Å². The number of anilines is 1. The van der Waals surface area contributed by atoms with Gasteiger partial charge >= 0.3 is 0 Å². The number of aromatic amines is 1. The second-order valence-corrected chi connectivity index (χ2v) is 7.01. The fraction of sp³-hybridized carbons (Fsp3) is 0.500. The molecule has 3 N–H and O–H groups in total. The van der Waals surface area contributed by atoms with Gasteiger partial charge in [-0.3, -0.25) is 9.89 Å². The van der Waals surface area contributed by atoms with Gasteiger partial charge in [0.1, 0.15) is 5.82 Å². The molecule has 24 heavy (non-hydrogen) atoms. The molecule has 1 aromatic heterocycles. The van der Waals surface area contributed by atoms with E-state index in [1.165, 1.54) is 6.42 Å². The molecule has 0 bridgehead atoms. The average Bonchev–Trinajstić information content (AvgIpc) is 3.22. The highest BCUT2D eigenvalue weighted by Gasteiger charge is 2.49. The highest BCUT2D eigenvalue weighted by atomic mass is 16.2. The van der Waals surface area contributed by atoms with E-state index in [0.29, 0.717) is 11.7 Å². The summed E-state index contributed by atoms with van der Waals surface area (Å²) in [5.41, 5.74) is 1.47. The van der Waals surface area contributed by atoms with Crippen LogP contribution in [0.2, 0.25) is 0 Å². The molecule has 2 aliphatic rings. The van der Waals surface area contributed by atoms with Crippen molar-refractivity contribution in [3.8, 4) is 11.4 Å². The molecule has 6 heteroatoms. The fourth-order valence-electron chi connectivity index (χ4n) is 4.15. The van der Waals surface area contributed by atoms with Gasteiger partial charge in [-0.1, -0.05) is 25.0 Å². The Hall–Kier alpha value is -2.21. The van der Waals surface area contributed by atoms with Gasteiger partial charge in [-0.15, -0.1) is 0 Å². The van der Waals surface area contributed by atoms with Crippen LogP contribution in [0.4, 0.5) is 5.69 Å². The van der Waals surface area contributed by atoms with E-state index < -0.39 is 0 Å². The van der Waals surface area contributed by atoms with Crippen molar-refractivity contribution in [1.29, 1.82) is 0 Å². The maximum absolute atomic E-state index is 13.0. The van der Waals surface area contributed by atoms with Gasteiger partial charge in [0.2, 0.25) is 5.91 Å². The summed E-state index contributed by atoms with van der Waals surface area (Å²) in [5, 5.41) is 13.6. The van der Waals surface area contributed by atoms with Crippen molar-refractivity contribution in [2.45, 2.75) is 32.6 Å². The van der Waals surface area contributed by atoms with Crippen LogP contribution in [0.1, 0.15) is 31.5 Å². The Morgan fingerprint density at radius 2 is 2.29 bits per heavy atom. The maximum Gasteiger partial charge on any atom is 0.232 e. The van der Waals surface area contributed by atoms with Crippen LogP contribution in [0.3, 0.4) is 0 Å². The second-order valence-electron chi connectivity index (χ2n) is 7.01. The van der Waals surface area contributed by atoms with Gasteiger partial charge in [-0.05, 0) is 44.4 Å². The van der Waals surface area contributed by atoms with Crippen LogP contribution in [0.15, 0.2) is 24.3 Å². The Labute approximate surface area is 141 Å². The first-order valence-corrected chi connectivity index (χ1v) is 8.69. The predicted molar refractivity (Wildman–Crippen MR) is 92.4 cm³/mol. The van der Waals surface area contributed by atoms with Crippen molar-refractivity contribution in [3.63, 3.8) is 0 Å².